The van der Waals surface area contributed by atoms with Crippen molar-refractivity contribution in [2.45, 2.75) is 13.5 Å². The summed E-state index contributed by atoms with van der Waals surface area (Å²) in [5, 5.41) is 13.3. The van der Waals surface area contributed by atoms with Gasteiger partial charge in [0.25, 0.3) is 0 Å². The Morgan fingerprint density at radius 3 is 2.71 bits per heavy atom. The van der Waals surface area contributed by atoms with Crippen LogP contribution in [0.25, 0.3) is 0 Å². The van der Waals surface area contributed by atoms with Crippen LogP contribution in [0.15, 0.2) is 28.4 Å². The number of hydrogen-bond donors (Lipinski definition) is 2. The number of carbonyl (C=O) groups is 2. The zero-order chi connectivity index (χ0) is 15.6. The molecule has 1 amide bonds. The summed E-state index contributed by atoms with van der Waals surface area (Å²) in [4.78, 5) is 34.1. The summed E-state index contributed by atoms with van der Waals surface area (Å²) in [5.74, 6) is -1.57. The molecule has 0 aliphatic rings. The molecule has 0 saturated carbocycles. The quantitative estimate of drug-likeness (QED) is 0.901. The van der Waals surface area contributed by atoms with Gasteiger partial charge in [-0.2, -0.15) is 0 Å². The van der Waals surface area contributed by atoms with Crippen molar-refractivity contribution in [3.63, 3.8) is 0 Å². The van der Waals surface area contributed by atoms with Crippen LogP contribution in [0.5, 0.6) is 0 Å². The molecule has 2 rings (SSSR count). The fourth-order valence-electron chi connectivity index (χ4n) is 1.68. The van der Waals surface area contributed by atoms with Crippen molar-refractivity contribution in [3.05, 3.63) is 49.5 Å². The first-order chi connectivity index (χ1) is 9.88. The van der Waals surface area contributed by atoms with E-state index in [2.05, 4.69) is 5.32 Å². The first-order valence-corrected chi connectivity index (χ1v) is 7.12. The summed E-state index contributed by atoms with van der Waals surface area (Å²) < 4.78 is 1.33. The topological polar surface area (TPSA) is 88.4 Å². The Morgan fingerprint density at radius 2 is 2.14 bits per heavy atom. The Labute approximate surface area is 128 Å². The standard InChI is InChI=1S/C13H11ClN2O4S/c1-7-6-21-13(20)16(7)5-11(17)15-10-4-8(12(18)19)2-3-9(10)14/h2-4,6H,5H2,1H3,(H,15,17)(H,18,19). The van der Waals surface area contributed by atoms with Crippen molar-refractivity contribution in [2.24, 2.45) is 0 Å². The number of thiazole rings is 1. The van der Waals surface area contributed by atoms with Gasteiger partial charge in [-0.05, 0) is 25.1 Å². The number of hydrogen-bond acceptors (Lipinski definition) is 4. The SMILES string of the molecule is Cc1csc(=O)n1CC(=O)Nc1cc(C(=O)O)ccc1Cl. The second-order valence-corrected chi connectivity index (χ2v) is 5.50. The third-order valence-corrected chi connectivity index (χ3v) is 3.98. The van der Waals surface area contributed by atoms with Gasteiger partial charge in [0.05, 0.1) is 16.3 Å². The number of aryl methyl sites for hydroxylation is 1. The monoisotopic (exact) mass is 326 g/mol. The molecule has 0 aliphatic carbocycles. The van der Waals surface area contributed by atoms with E-state index in [0.717, 1.165) is 11.3 Å². The number of aromatic nitrogens is 1. The summed E-state index contributed by atoms with van der Waals surface area (Å²) in [5.41, 5.74) is 0.895. The number of aromatic carboxylic acids is 1. The summed E-state index contributed by atoms with van der Waals surface area (Å²) >= 11 is 6.93. The molecule has 0 radical (unpaired) electrons. The maximum Gasteiger partial charge on any atom is 0.335 e. The first kappa shape index (κ1) is 15.3. The van der Waals surface area contributed by atoms with E-state index in [9.17, 15) is 14.4 Å². The highest BCUT2D eigenvalue weighted by Crippen LogP contribution is 2.23. The number of nitrogens with one attached hydrogen (secondary N) is 1. The Kier molecular flexibility index (Phi) is 4.44. The summed E-state index contributed by atoms with van der Waals surface area (Å²) in [6.07, 6.45) is 0. The minimum Gasteiger partial charge on any atom is -0.478 e. The number of halogens is 1. The highest BCUT2D eigenvalue weighted by Gasteiger charge is 2.12. The van der Waals surface area contributed by atoms with Gasteiger partial charge < -0.3 is 10.4 Å². The number of nitrogens with zero attached hydrogens (tertiary/aromatic N) is 1. The molecule has 0 spiro atoms. The second kappa shape index (κ2) is 6.11. The van der Waals surface area contributed by atoms with Gasteiger partial charge in [0.15, 0.2) is 0 Å². The number of carboxylic acids is 1. The lowest BCUT2D eigenvalue weighted by atomic mass is 10.2. The summed E-state index contributed by atoms with van der Waals surface area (Å²) in [6, 6.07) is 4.00. The van der Waals surface area contributed by atoms with Crippen LogP contribution >= 0.6 is 22.9 Å². The number of carboxylic acid groups (broad SMARTS) is 1. The molecule has 110 valence electrons. The van der Waals surface area contributed by atoms with Gasteiger partial charge in [0, 0.05) is 11.1 Å². The van der Waals surface area contributed by atoms with E-state index in [1.165, 1.54) is 22.8 Å². The second-order valence-electron chi connectivity index (χ2n) is 4.28. The van der Waals surface area contributed by atoms with Crippen molar-refractivity contribution >= 4 is 40.5 Å². The fourth-order valence-corrected chi connectivity index (χ4v) is 2.58. The van der Waals surface area contributed by atoms with Crippen LogP contribution < -0.4 is 10.2 Å². The normalized spacial score (nSPS) is 10.4. The van der Waals surface area contributed by atoms with Crippen LogP contribution in [-0.2, 0) is 11.3 Å². The minimum absolute atomic E-state index is 0.0126. The molecule has 0 atom stereocenters. The number of anilines is 1. The largest absolute Gasteiger partial charge is 0.478 e. The molecule has 6 nitrogen and oxygen atoms in total. The van der Waals surface area contributed by atoms with E-state index >= 15 is 0 Å². The molecular weight excluding hydrogens is 316 g/mol. The zero-order valence-corrected chi connectivity index (χ0v) is 12.5. The van der Waals surface area contributed by atoms with Crippen LogP contribution in [0.3, 0.4) is 0 Å². The molecule has 1 aromatic heterocycles. The van der Waals surface area contributed by atoms with Crippen LogP contribution in [0.2, 0.25) is 5.02 Å². The third kappa shape index (κ3) is 3.50. The van der Waals surface area contributed by atoms with Crippen molar-refractivity contribution in [3.8, 4) is 0 Å². The molecule has 0 unspecified atom stereocenters. The molecule has 0 aliphatic heterocycles. The van der Waals surface area contributed by atoms with Gasteiger partial charge in [0.1, 0.15) is 6.54 Å². The number of carbonyl (C=O) groups excluding carboxylic acids is 1. The average Bonchev–Trinajstić information content (AvgIpc) is 2.73. The number of rotatable bonds is 4. The van der Waals surface area contributed by atoms with Crippen molar-refractivity contribution in [2.75, 3.05) is 5.32 Å². The Bertz CT molecular complexity index is 766. The maximum absolute atomic E-state index is 11.9. The molecule has 2 aromatic rings. The Morgan fingerprint density at radius 1 is 1.43 bits per heavy atom. The lowest BCUT2D eigenvalue weighted by Crippen LogP contribution is -2.25. The molecular formula is C13H11ClN2O4S. The lowest BCUT2D eigenvalue weighted by Gasteiger charge is -2.09. The Balaban J connectivity index is 2.18. The van der Waals surface area contributed by atoms with E-state index < -0.39 is 11.9 Å². The first-order valence-electron chi connectivity index (χ1n) is 5.86. The van der Waals surface area contributed by atoms with Gasteiger partial charge in [-0.3, -0.25) is 14.2 Å². The number of amides is 1. The highest BCUT2D eigenvalue weighted by atomic mass is 35.5. The molecule has 0 fully saturated rings. The van der Waals surface area contributed by atoms with E-state index in [4.69, 9.17) is 16.7 Å². The van der Waals surface area contributed by atoms with Crippen molar-refractivity contribution < 1.29 is 14.7 Å². The van der Waals surface area contributed by atoms with Gasteiger partial charge in [-0.25, -0.2) is 4.79 Å². The smallest absolute Gasteiger partial charge is 0.335 e. The molecule has 0 bridgehead atoms. The maximum atomic E-state index is 11.9. The Hall–Kier alpha value is -2.12. The molecule has 0 saturated heterocycles. The van der Waals surface area contributed by atoms with E-state index in [-0.39, 0.29) is 27.7 Å². The predicted octanol–water partition coefficient (Wildman–Crippen LogP) is 2.21. The van der Waals surface area contributed by atoms with E-state index in [0.29, 0.717) is 5.69 Å². The average molecular weight is 327 g/mol. The van der Waals surface area contributed by atoms with Crippen LogP contribution in [0.1, 0.15) is 16.1 Å². The van der Waals surface area contributed by atoms with E-state index in [1.807, 2.05) is 0 Å². The van der Waals surface area contributed by atoms with Gasteiger partial charge >= 0.3 is 10.8 Å². The van der Waals surface area contributed by atoms with Crippen LogP contribution in [-0.4, -0.2) is 21.6 Å². The summed E-state index contributed by atoms with van der Waals surface area (Å²) in [7, 11) is 0. The third-order valence-electron chi connectivity index (χ3n) is 2.77. The minimum atomic E-state index is -1.12. The predicted molar refractivity (Wildman–Crippen MR) is 80.4 cm³/mol. The fraction of sp³-hybridized carbons (Fsp3) is 0.154. The molecule has 1 aromatic carbocycles. The van der Waals surface area contributed by atoms with Gasteiger partial charge in [-0.15, -0.1) is 0 Å². The number of benzene rings is 1. The van der Waals surface area contributed by atoms with E-state index in [1.54, 1.807) is 12.3 Å². The highest BCUT2D eigenvalue weighted by molar-refractivity contribution is 7.07. The van der Waals surface area contributed by atoms with Crippen LogP contribution in [0, 0.1) is 6.92 Å². The van der Waals surface area contributed by atoms with Crippen LogP contribution in [0.4, 0.5) is 5.69 Å². The molecule has 2 N–H and O–H groups in total. The lowest BCUT2D eigenvalue weighted by molar-refractivity contribution is -0.116. The molecule has 8 heteroatoms. The summed E-state index contributed by atoms with van der Waals surface area (Å²) in [6.45, 7) is 1.57. The van der Waals surface area contributed by atoms with Gasteiger partial charge in [-0.1, -0.05) is 22.9 Å². The van der Waals surface area contributed by atoms with Crippen molar-refractivity contribution in [1.29, 1.82) is 0 Å². The van der Waals surface area contributed by atoms with Crippen molar-refractivity contribution in [1.82, 2.24) is 4.57 Å². The van der Waals surface area contributed by atoms with Gasteiger partial charge in [0.2, 0.25) is 5.91 Å². The molecule has 1 heterocycles. The molecule has 21 heavy (non-hydrogen) atoms. The zero-order valence-electron chi connectivity index (χ0n) is 10.9.